The van der Waals surface area contributed by atoms with Gasteiger partial charge in [-0.2, -0.15) is 5.10 Å². The molecule has 0 atom stereocenters. The third-order valence-electron chi connectivity index (χ3n) is 3.52. The molecule has 0 spiro atoms. The summed E-state index contributed by atoms with van der Waals surface area (Å²) in [5, 5.41) is 11.2. The van der Waals surface area contributed by atoms with Gasteiger partial charge in [0.25, 0.3) is 0 Å². The van der Waals surface area contributed by atoms with Crippen LogP contribution in [0.2, 0.25) is 0 Å². The molecular weight excluding hydrogens is 290 g/mol. The van der Waals surface area contributed by atoms with Gasteiger partial charge in [0.05, 0.1) is 18.5 Å². The minimum atomic E-state index is 0.636. The SMILES string of the molecule is CCCNC(=NCc1cn(C)nc1CC)NCCc1ccco1. The molecule has 2 rings (SSSR count). The van der Waals surface area contributed by atoms with Gasteiger partial charge in [-0.1, -0.05) is 13.8 Å². The second-order valence-corrected chi connectivity index (χ2v) is 5.48. The van der Waals surface area contributed by atoms with Gasteiger partial charge in [-0.15, -0.1) is 0 Å². The lowest BCUT2D eigenvalue weighted by molar-refractivity contribution is 0.506. The Labute approximate surface area is 138 Å². The van der Waals surface area contributed by atoms with Crippen molar-refractivity contribution in [3.8, 4) is 0 Å². The van der Waals surface area contributed by atoms with E-state index in [0.717, 1.165) is 49.8 Å². The van der Waals surface area contributed by atoms with Crippen molar-refractivity contribution in [2.24, 2.45) is 12.0 Å². The quantitative estimate of drug-likeness (QED) is 0.579. The van der Waals surface area contributed by atoms with E-state index in [2.05, 4.69) is 34.6 Å². The van der Waals surface area contributed by atoms with Crippen molar-refractivity contribution < 1.29 is 4.42 Å². The van der Waals surface area contributed by atoms with Gasteiger partial charge in [-0.25, -0.2) is 4.99 Å². The fourth-order valence-corrected chi connectivity index (χ4v) is 2.35. The number of furan rings is 1. The molecule has 0 saturated carbocycles. The van der Waals surface area contributed by atoms with Crippen molar-refractivity contribution in [2.75, 3.05) is 13.1 Å². The van der Waals surface area contributed by atoms with Gasteiger partial charge in [-0.05, 0) is 25.0 Å². The van der Waals surface area contributed by atoms with E-state index < -0.39 is 0 Å². The van der Waals surface area contributed by atoms with Crippen molar-refractivity contribution in [2.45, 2.75) is 39.7 Å². The summed E-state index contributed by atoms with van der Waals surface area (Å²) < 4.78 is 7.20. The number of rotatable bonds is 8. The number of hydrogen-bond acceptors (Lipinski definition) is 3. The minimum Gasteiger partial charge on any atom is -0.469 e. The monoisotopic (exact) mass is 317 g/mol. The molecule has 0 unspecified atom stereocenters. The predicted molar refractivity (Wildman–Crippen MR) is 92.4 cm³/mol. The Morgan fingerprint density at radius 2 is 2.13 bits per heavy atom. The van der Waals surface area contributed by atoms with Crippen molar-refractivity contribution in [3.05, 3.63) is 41.6 Å². The zero-order valence-electron chi connectivity index (χ0n) is 14.3. The zero-order valence-corrected chi connectivity index (χ0v) is 14.3. The molecule has 0 aliphatic rings. The van der Waals surface area contributed by atoms with Gasteiger partial charge in [0.2, 0.25) is 0 Å². The summed E-state index contributed by atoms with van der Waals surface area (Å²) in [5.74, 6) is 1.82. The molecule has 2 aromatic rings. The average molecular weight is 317 g/mol. The first-order chi connectivity index (χ1) is 11.2. The van der Waals surface area contributed by atoms with Crippen molar-refractivity contribution in [3.63, 3.8) is 0 Å². The third kappa shape index (κ3) is 5.47. The summed E-state index contributed by atoms with van der Waals surface area (Å²) in [6.45, 7) is 6.59. The summed E-state index contributed by atoms with van der Waals surface area (Å²) in [7, 11) is 1.95. The van der Waals surface area contributed by atoms with Crippen molar-refractivity contribution >= 4 is 5.96 Å². The topological polar surface area (TPSA) is 67.4 Å². The van der Waals surface area contributed by atoms with E-state index in [1.54, 1.807) is 6.26 Å². The van der Waals surface area contributed by atoms with Gasteiger partial charge in [-0.3, -0.25) is 4.68 Å². The van der Waals surface area contributed by atoms with E-state index in [0.29, 0.717) is 6.54 Å². The van der Waals surface area contributed by atoms with Crippen LogP contribution in [0.3, 0.4) is 0 Å². The third-order valence-corrected chi connectivity index (χ3v) is 3.52. The molecule has 0 amide bonds. The molecule has 0 radical (unpaired) electrons. The van der Waals surface area contributed by atoms with Gasteiger partial charge >= 0.3 is 0 Å². The van der Waals surface area contributed by atoms with E-state index in [4.69, 9.17) is 4.42 Å². The van der Waals surface area contributed by atoms with Crippen LogP contribution in [0.25, 0.3) is 0 Å². The predicted octanol–water partition coefficient (Wildman–Crippen LogP) is 2.26. The van der Waals surface area contributed by atoms with Crippen LogP contribution in [0, 0.1) is 0 Å². The number of hydrogen-bond donors (Lipinski definition) is 2. The number of aryl methyl sites for hydroxylation is 2. The van der Waals surface area contributed by atoms with Crippen LogP contribution in [-0.2, 0) is 26.4 Å². The molecule has 126 valence electrons. The Morgan fingerprint density at radius 1 is 1.30 bits per heavy atom. The van der Waals surface area contributed by atoms with E-state index in [9.17, 15) is 0 Å². The van der Waals surface area contributed by atoms with Crippen molar-refractivity contribution in [1.82, 2.24) is 20.4 Å². The molecule has 2 heterocycles. The highest BCUT2D eigenvalue weighted by molar-refractivity contribution is 5.79. The largest absolute Gasteiger partial charge is 0.469 e. The maximum atomic E-state index is 5.35. The van der Waals surface area contributed by atoms with Crippen LogP contribution in [0.15, 0.2) is 34.0 Å². The molecule has 0 aliphatic heterocycles. The Balaban J connectivity index is 1.92. The summed E-state index contributed by atoms with van der Waals surface area (Å²) in [6.07, 6.45) is 6.57. The average Bonchev–Trinajstić information content (AvgIpc) is 3.18. The maximum Gasteiger partial charge on any atom is 0.191 e. The second kappa shape index (κ2) is 9.02. The van der Waals surface area contributed by atoms with Gasteiger partial charge in [0.1, 0.15) is 5.76 Å². The van der Waals surface area contributed by atoms with Gasteiger partial charge < -0.3 is 15.1 Å². The fraction of sp³-hybridized carbons (Fsp3) is 0.529. The number of aromatic nitrogens is 2. The molecule has 0 aliphatic carbocycles. The van der Waals surface area contributed by atoms with Crippen LogP contribution in [0.4, 0.5) is 0 Å². The molecular formula is C17H27N5O. The lowest BCUT2D eigenvalue weighted by Crippen LogP contribution is -2.38. The van der Waals surface area contributed by atoms with E-state index in [-0.39, 0.29) is 0 Å². The summed E-state index contributed by atoms with van der Waals surface area (Å²) in [4.78, 5) is 4.68. The summed E-state index contributed by atoms with van der Waals surface area (Å²) >= 11 is 0. The Morgan fingerprint density at radius 3 is 2.83 bits per heavy atom. The summed E-state index contributed by atoms with van der Waals surface area (Å²) in [6, 6.07) is 3.90. The highest BCUT2D eigenvalue weighted by Gasteiger charge is 2.06. The van der Waals surface area contributed by atoms with E-state index in [1.807, 2.05) is 30.1 Å². The van der Waals surface area contributed by atoms with Crippen LogP contribution >= 0.6 is 0 Å². The minimum absolute atomic E-state index is 0.636. The van der Waals surface area contributed by atoms with Crippen molar-refractivity contribution in [1.29, 1.82) is 0 Å². The van der Waals surface area contributed by atoms with E-state index in [1.165, 1.54) is 5.56 Å². The van der Waals surface area contributed by atoms with Gasteiger partial charge in [0.15, 0.2) is 5.96 Å². The second-order valence-electron chi connectivity index (χ2n) is 5.48. The summed E-state index contributed by atoms with van der Waals surface area (Å²) in [5.41, 5.74) is 2.29. The first kappa shape index (κ1) is 17.1. The Hall–Kier alpha value is -2.24. The van der Waals surface area contributed by atoms with E-state index >= 15 is 0 Å². The maximum absolute atomic E-state index is 5.35. The number of aliphatic imine (C=N–C) groups is 1. The molecule has 23 heavy (non-hydrogen) atoms. The molecule has 2 N–H and O–H groups in total. The molecule has 2 aromatic heterocycles. The molecule has 6 nitrogen and oxygen atoms in total. The highest BCUT2D eigenvalue weighted by Crippen LogP contribution is 2.08. The highest BCUT2D eigenvalue weighted by atomic mass is 16.3. The molecule has 6 heteroatoms. The molecule has 0 saturated heterocycles. The smallest absolute Gasteiger partial charge is 0.191 e. The number of nitrogens with one attached hydrogen (secondary N) is 2. The molecule has 0 aromatic carbocycles. The molecule has 0 fully saturated rings. The Bertz CT molecular complexity index is 601. The standard InChI is InChI=1S/C17H27N5O/c1-4-9-18-17(19-10-8-15-7-6-11-23-15)20-12-14-13-22(3)21-16(14)5-2/h6-7,11,13H,4-5,8-10,12H2,1-3H3,(H2,18,19,20). The number of guanidine groups is 1. The van der Waals surface area contributed by atoms with Crippen LogP contribution < -0.4 is 10.6 Å². The normalized spacial score (nSPS) is 11.7. The van der Waals surface area contributed by atoms with Crippen LogP contribution in [0.5, 0.6) is 0 Å². The Kier molecular flexibility index (Phi) is 6.72. The van der Waals surface area contributed by atoms with Gasteiger partial charge in [0, 0.05) is 38.3 Å². The first-order valence-corrected chi connectivity index (χ1v) is 8.28. The molecule has 0 bridgehead atoms. The van der Waals surface area contributed by atoms with Crippen LogP contribution in [-0.4, -0.2) is 28.8 Å². The lowest BCUT2D eigenvalue weighted by Gasteiger charge is -2.11. The fourth-order valence-electron chi connectivity index (χ4n) is 2.35. The lowest BCUT2D eigenvalue weighted by atomic mass is 10.2. The number of nitrogens with zero attached hydrogens (tertiary/aromatic N) is 3. The zero-order chi connectivity index (χ0) is 16.5. The first-order valence-electron chi connectivity index (χ1n) is 8.28. The van der Waals surface area contributed by atoms with Crippen LogP contribution in [0.1, 0.15) is 37.3 Å².